The molecule has 0 aliphatic carbocycles. The molecule has 2 aliphatic heterocycles. The lowest BCUT2D eigenvalue weighted by Crippen LogP contribution is -2.40. The smallest absolute Gasteiger partial charge is 0.277 e. The van der Waals surface area contributed by atoms with E-state index in [0.717, 1.165) is 24.2 Å². The Labute approximate surface area is 167 Å². The highest BCUT2D eigenvalue weighted by molar-refractivity contribution is 6.35. The summed E-state index contributed by atoms with van der Waals surface area (Å²) in [6.07, 6.45) is 1.74. The zero-order valence-electron chi connectivity index (χ0n) is 17.1. The van der Waals surface area contributed by atoms with Crippen LogP contribution in [0, 0.1) is 5.92 Å². The second-order valence-electron chi connectivity index (χ2n) is 7.67. The van der Waals surface area contributed by atoms with E-state index in [2.05, 4.69) is 20.8 Å². The van der Waals surface area contributed by atoms with E-state index < -0.39 is 0 Å². The van der Waals surface area contributed by atoms with E-state index in [9.17, 15) is 9.59 Å². The van der Waals surface area contributed by atoms with Gasteiger partial charge in [-0.05, 0) is 30.0 Å². The Balaban J connectivity index is 1.91. The molecular formula is C22H30N2O4. The van der Waals surface area contributed by atoms with Gasteiger partial charge in [-0.2, -0.15) is 0 Å². The summed E-state index contributed by atoms with van der Waals surface area (Å²) in [6, 6.07) is 7.49. The lowest BCUT2D eigenvalue weighted by atomic mass is 10.0. The average Bonchev–Trinajstić information content (AvgIpc) is 2.95. The lowest BCUT2D eigenvalue weighted by Gasteiger charge is -2.29. The molecule has 3 rings (SSSR count). The zero-order chi connectivity index (χ0) is 20.1. The topological polar surface area (TPSA) is 59.1 Å². The zero-order valence-corrected chi connectivity index (χ0v) is 17.1. The number of amides is 2. The minimum Gasteiger partial charge on any atom is -0.493 e. The SMILES string of the molecule is CCCCN1C(=O)C(c2ccc(OCC(C)C)cc2)=C(N2CCOCC2)C1=O. The fraction of sp³-hybridized carbons (Fsp3) is 0.545. The normalized spacial score (nSPS) is 17.9. The fourth-order valence-corrected chi connectivity index (χ4v) is 3.40. The maximum Gasteiger partial charge on any atom is 0.277 e. The summed E-state index contributed by atoms with van der Waals surface area (Å²) >= 11 is 0. The maximum atomic E-state index is 13.1. The molecular weight excluding hydrogens is 356 g/mol. The predicted octanol–water partition coefficient (Wildman–Crippen LogP) is 2.93. The van der Waals surface area contributed by atoms with Gasteiger partial charge in [0.05, 0.1) is 25.4 Å². The largest absolute Gasteiger partial charge is 0.493 e. The summed E-state index contributed by atoms with van der Waals surface area (Å²) in [5, 5.41) is 0. The van der Waals surface area contributed by atoms with Crippen molar-refractivity contribution in [2.75, 3.05) is 39.5 Å². The van der Waals surface area contributed by atoms with Gasteiger partial charge in [0, 0.05) is 19.6 Å². The van der Waals surface area contributed by atoms with Crippen LogP contribution in [0.2, 0.25) is 0 Å². The molecule has 0 radical (unpaired) electrons. The van der Waals surface area contributed by atoms with Crippen LogP contribution in [0.15, 0.2) is 30.0 Å². The Morgan fingerprint density at radius 2 is 1.75 bits per heavy atom. The molecule has 0 unspecified atom stereocenters. The Kier molecular flexibility index (Phi) is 6.73. The van der Waals surface area contributed by atoms with Gasteiger partial charge in [0.2, 0.25) is 0 Å². The summed E-state index contributed by atoms with van der Waals surface area (Å²) in [5.41, 5.74) is 1.77. The maximum absolute atomic E-state index is 13.1. The van der Waals surface area contributed by atoms with Crippen LogP contribution in [0.25, 0.3) is 5.57 Å². The molecule has 0 saturated carbocycles. The highest BCUT2D eigenvalue weighted by atomic mass is 16.5. The number of rotatable bonds is 8. The number of ether oxygens (including phenoxy) is 2. The molecule has 0 bridgehead atoms. The fourth-order valence-electron chi connectivity index (χ4n) is 3.40. The van der Waals surface area contributed by atoms with E-state index in [0.29, 0.717) is 56.6 Å². The standard InChI is InChI=1S/C22H30N2O4/c1-4-5-10-24-21(25)19(20(22(24)26)23-11-13-27-14-12-23)17-6-8-18(9-7-17)28-15-16(2)3/h6-9,16H,4-5,10-15H2,1-3H3. The van der Waals surface area contributed by atoms with Crippen molar-refractivity contribution in [1.82, 2.24) is 9.80 Å². The predicted molar refractivity (Wildman–Crippen MR) is 108 cm³/mol. The van der Waals surface area contributed by atoms with E-state index in [1.54, 1.807) is 0 Å². The number of benzene rings is 1. The average molecular weight is 386 g/mol. The summed E-state index contributed by atoms with van der Waals surface area (Å²) < 4.78 is 11.2. The Hall–Kier alpha value is -2.34. The molecule has 28 heavy (non-hydrogen) atoms. The van der Waals surface area contributed by atoms with Gasteiger partial charge < -0.3 is 14.4 Å². The monoisotopic (exact) mass is 386 g/mol. The molecule has 1 saturated heterocycles. The first kappa shape index (κ1) is 20.4. The molecule has 0 atom stereocenters. The van der Waals surface area contributed by atoms with E-state index in [-0.39, 0.29) is 11.8 Å². The second kappa shape index (κ2) is 9.24. The van der Waals surface area contributed by atoms with Crippen LogP contribution in [0.1, 0.15) is 39.2 Å². The molecule has 6 nitrogen and oxygen atoms in total. The van der Waals surface area contributed by atoms with E-state index in [1.807, 2.05) is 29.2 Å². The molecule has 6 heteroatoms. The molecule has 2 heterocycles. The Morgan fingerprint density at radius 1 is 1.07 bits per heavy atom. The van der Waals surface area contributed by atoms with Gasteiger partial charge in [0.1, 0.15) is 11.4 Å². The molecule has 0 N–H and O–H groups in total. The number of nitrogens with zero attached hydrogens (tertiary/aromatic N) is 2. The van der Waals surface area contributed by atoms with Crippen molar-refractivity contribution in [1.29, 1.82) is 0 Å². The third-order valence-corrected chi connectivity index (χ3v) is 4.93. The van der Waals surface area contributed by atoms with Gasteiger partial charge in [-0.25, -0.2) is 0 Å². The summed E-state index contributed by atoms with van der Waals surface area (Å²) in [4.78, 5) is 29.6. The first-order valence-electron chi connectivity index (χ1n) is 10.2. The van der Waals surface area contributed by atoms with Crippen molar-refractivity contribution in [3.05, 3.63) is 35.5 Å². The van der Waals surface area contributed by atoms with Crippen molar-refractivity contribution in [3.8, 4) is 5.75 Å². The quantitative estimate of drug-likeness (QED) is 0.643. The Bertz CT molecular complexity index is 733. The van der Waals surface area contributed by atoms with Crippen LogP contribution in [0.5, 0.6) is 5.75 Å². The number of carbonyl (C=O) groups excluding carboxylic acids is 2. The van der Waals surface area contributed by atoms with Gasteiger partial charge >= 0.3 is 0 Å². The molecule has 1 fully saturated rings. The molecule has 1 aromatic carbocycles. The van der Waals surface area contributed by atoms with Gasteiger partial charge in [0.15, 0.2) is 0 Å². The minimum absolute atomic E-state index is 0.185. The van der Waals surface area contributed by atoms with Crippen molar-refractivity contribution in [2.24, 2.45) is 5.92 Å². The summed E-state index contributed by atoms with van der Waals surface area (Å²) in [7, 11) is 0. The van der Waals surface area contributed by atoms with Crippen LogP contribution in [0.4, 0.5) is 0 Å². The molecule has 152 valence electrons. The first-order chi connectivity index (χ1) is 13.5. The van der Waals surface area contributed by atoms with Crippen LogP contribution in [-0.4, -0.2) is 61.1 Å². The van der Waals surface area contributed by atoms with Crippen molar-refractivity contribution < 1.29 is 19.1 Å². The highest BCUT2D eigenvalue weighted by Gasteiger charge is 2.41. The van der Waals surface area contributed by atoms with Crippen LogP contribution in [0.3, 0.4) is 0 Å². The number of carbonyl (C=O) groups is 2. The molecule has 2 aliphatic rings. The van der Waals surface area contributed by atoms with Gasteiger partial charge in [-0.15, -0.1) is 0 Å². The second-order valence-corrected chi connectivity index (χ2v) is 7.67. The molecule has 0 spiro atoms. The van der Waals surface area contributed by atoms with Gasteiger partial charge in [-0.1, -0.05) is 39.3 Å². The molecule has 1 aromatic rings. The van der Waals surface area contributed by atoms with Crippen molar-refractivity contribution in [2.45, 2.75) is 33.6 Å². The third kappa shape index (κ3) is 4.38. The number of morpholine rings is 1. The van der Waals surface area contributed by atoms with E-state index in [1.165, 1.54) is 4.90 Å². The molecule has 2 amide bonds. The first-order valence-corrected chi connectivity index (χ1v) is 10.2. The van der Waals surface area contributed by atoms with Crippen molar-refractivity contribution in [3.63, 3.8) is 0 Å². The number of hydrogen-bond donors (Lipinski definition) is 0. The van der Waals surface area contributed by atoms with E-state index >= 15 is 0 Å². The number of imide groups is 1. The third-order valence-electron chi connectivity index (χ3n) is 4.93. The van der Waals surface area contributed by atoms with Gasteiger partial charge in [0.25, 0.3) is 11.8 Å². The summed E-state index contributed by atoms with van der Waals surface area (Å²) in [5.74, 6) is 0.827. The minimum atomic E-state index is -0.198. The Morgan fingerprint density at radius 3 is 2.36 bits per heavy atom. The van der Waals surface area contributed by atoms with Crippen molar-refractivity contribution >= 4 is 17.4 Å². The lowest BCUT2D eigenvalue weighted by molar-refractivity contribution is -0.137. The van der Waals surface area contributed by atoms with Gasteiger partial charge in [-0.3, -0.25) is 14.5 Å². The summed E-state index contributed by atoms with van der Waals surface area (Å²) in [6.45, 7) is 9.72. The molecule has 0 aromatic heterocycles. The van der Waals surface area contributed by atoms with Crippen LogP contribution >= 0.6 is 0 Å². The highest BCUT2D eigenvalue weighted by Crippen LogP contribution is 2.33. The number of unbranched alkanes of at least 4 members (excludes halogenated alkanes) is 1. The number of hydrogen-bond acceptors (Lipinski definition) is 5. The van der Waals surface area contributed by atoms with Crippen LogP contribution < -0.4 is 4.74 Å². The van der Waals surface area contributed by atoms with Crippen LogP contribution in [-0.2, 0) is 14.3 Å². The van der Waals surface area contributed by atoms with E-state index in [4.69, 9.17) is 9.47 Å².